The van der Waals surface area contributed by atoms with Gasteiger partial charge in [0, 0.05) is 6.20 Å². The minimum atomic E-state index is -3.57. The summed E-state index contributed by atoms with van der Waals surface area (Å²) in [6.45, 7) is 0. The maximum absolute atomic E-state index is 11.8. The molecule has 2 rings (SSSR count). The van der Waals surface area contributed by atoms with Crippen LogP contribution < -0.4 is 4.72 Å². The van der Waals surface area contributed by atoms with Crippen molar-refractivity contribution in [1.29, 1.82) is 0 Å². The van der Waals surface area contributed by atoms with Gasteiger partial charge in [0.2, 0.25) is 0 Å². The van der Waals surface area contributed by atoms with Crippen molar-refractivity contribution in [1.82, 2.24) is 9.97 Å². The van der Waals surface area contributed by atoms with E-state index in [-0.39, 0.29) is 10.7 Å². The highest BCUT2D eigenvalue weighted by atomic mass is 32.2. The number of hydrogen-bond acceptors (Lipinski definition) is 4. The topological polar surface area (TPSA) is 72.0 Å². The summed E-state index contributed by atoms with van der Waals surface area (Å²) < 4.78 is 26.0. The highest BCUT2D eigenvalue weighted by Crippen LogP contribution is 2.12. The van der Waals surface area contributed by atoms with Gasteiger partial charge < -0.3 is 0 Å². The Balaban J connectivity index is 2.29. The Bertz CT molecular complexity index is 555. The summed E-state index contributed by atoms with van der Waals surface area (Å²) in [5, 5.41) is 0. The summed E-state index contributed by atoms with van der Waals surface area (Å²) in [5.74, 6) is 0.239. The van der Waals surface area contributed by atoms with E-state index >= 15 is 0 Å². The minimum absolute atomic E-state index is 0.171. The first-order valence-electron chi connectivity index (χ1n) is 4.43. The van der Waals surface area contributed by atoms with Gasteiger partial charge in [-0.3, -0.25) is 4.72 Å². The first kappa shape index (κ1) is 10.6. The van der Waals surface area contributed by atoms with E-state index in [1.54, 1.807) is 0 Å². The van der Waals surface area contributed by atoms with Crippen LogP contribution in [0.1, 0.15) is 0 Å². The molecule has 2 aromatic rings. The second-order valence-electron chi connectivity index (χ2n) is 2.94. The molecule has 1 aromatic heterocycles. The van der Waals surface area contributed by atoms with Gasteiger partial charge in [0.15, 0.2) is 0 Å². The van der Waals surface area contributed by atoms with Gasteiger partial charge in [-0.1, -0.05) is 12.1 Å². The maximum Gasteiger partial charge on any atom is 0.263 e. The Morgan fingerprint density at radius 3 is 2.56 bits per heavy atom. The number of aromatic nitrogens is 2. The molecule has 1 heterocycles. The molecule has 0 saturated carbocycles. The number of nitrogens with zero attached hydrogens (tertiary/aromatic N) is 2. The Kier molecular flexibility index (Phi) is 2.82. The van der Waals surface area contributed by atoms with E-state index in [0.29, 0.717) is 0 Å². The Labute approximate surface area is 93.2 Å². The molecule has 6 heteroatoms. The number of anilines is 1. The molecule has 1 aromatic carbocycles. The molecule has 0 aliphatic heterocycles. The molecule has 5 nitrogen and oxygen atoms in total. The number of rotatable bonds is 3. The summed E-state index contributed by atoms with van der Waals surface area (Å²) in [4.78, 5) is 7.65. The quantitative estimate of drug-likeness (QED) is 0.862. The molecule has 0 atom stereocenters. The van der Waals surface area contributed by atoms with Crippen molar-refractivity contribution in [2.75, 3.05) is 4.72 Å². The zero-order valence-corrected chi connectivity index (χ0v) is 8.98. The molecule has 81 valence electrons. The lowest BCUT2D eigenvalue weighted by molar-refractivity contribution is 0.601. The standard InChI is InChI=1S/C10H8N3O2S/c14-16(15,9-4-2-1-3-5-9)13-10-6-7-11-8-12-10/h2-8H,(H,11,12,13). The van der Waals surface area contributed by atoms with Crippen LogP contribution in [0.4, 0.5) is 5.82 Å². The first-order valence-corrected chi connectivity index (χ1v) is 5.92. The van der Waals surface area contributed by atoms with Crippen LogP contribution in [-0.4, -0.2) is 18.4 Å². The third kappa shape index (κ3) is 2.34. The third-order valence-corrected chi connectivity index (χ3v) is 3.19. The fraction of sp³-hybridized carbons (Fsp3) is 0. The molecular weight excluding hydrogens is 226 g/mol. The van der Waals surface area contributed by atoms with E-state index in [4.69, 9.17) is 0 Å². The van der Waals surface area contributed by atoms with Gasteiger partial charge in [-0.25, -0.2) is 18.4 Å². The fourth-order valence-electron chi connectivity index (χ4n) is 1.10. The number of benzene rings is 1. The molecule has 0 amide bonds. The SMILES string of the molecule is O=S(=O)(Nc1ccncn1)c1cc[c]cc1. The van der Waals surface area contributed by atoms with Crippen LogP contribution >= 0.6 is 0 Å². The molecule has 0 bridgehead atoms. The molecule has 0 aliphatic rings. The summed E-state index contributed by atoms with van der Waals surface area (Å²) in [6.07, 6.45) is 2.74. The average molecular weight is 234 g/mol. The maximum atomic E-state index is 11.8. The summed E-state index contributed by atoms with van der Waals surface area (Å²) in [7, 11) is -3.57. The van der Waals surface area contributed by atoms with Crippen molar-refractivity contribution >= 4 is 15.8 Å². The normalized spacial score (nSPS) is 11.0. The van der Waals surface area contributed by atoms with E-state index < -0.39 is 10.0 Å². The first-order chi connectivity index (χ1) is 7.68. The minimum Gasteiger partial charge on any atom is -0.263 e. The zero-order valence-electron chi connectivity index (χ0n) is 8.16. The average Bonchev–Trinajstić information content (AvgIpc) is 2.31. The van der Waals surface area contributed by atoms with Crippen LogP contribution in [0.15, 0.2) is 47.8 Å². The Morgan fingerprint density at radius 1 is 1.19 bits per heavy atom. The number of nitrogens with one attached hydrogen (secondary N) is 1. The van der Waals surface area contributed by atoms with Gasteiger partial charge in [0.25, 0.3) is 10.0 Å². The van der Waals surface area contributed by atoms with Crippen molar-refractivity contribution in [2.24, 2.45) is 0 Å². The molecule has 0 unspecified atom stereocenters. The monoisotopic (exact) mass is 234 g/mol. The van der Waals surface area contributed by atoms with Crippen LogP contribution in [0, 0.1) is 6.07 Å². The van der Waals surface area contributed by atoms with Crippen molar-refractivity contribution in [3.05, 3.63) is 48.9 Å². The molecule has 0 saturated heterocycles. The fourth-order valence-corrected chi connectivity index (χ4v) is 2.11. The molecule has 0 spiro atoms. The van der Waals surface area contributed by atoms with Gasteiger partial charge >= 0.3 is 0 Å². The van der Waals surface area contributed by atoms with Crippen LogP contribution in [-0.2, 0) is 10.0 Å². The predicted molar refractivity (Wildman–Crippen MR) is 58.1 cm³/mol. The van der Waals surface area contributed by atoms with E-state index in [1.165, 1.54) is 42.9 Å². The van der Waals surface area contributed by atoms with Gasteiger partial charge in [0.05, 0.1) is 4.90 Å². The lowest BCUT2D eigenvalue weighted by Crippen LogP contribution is -2.13. The number of sulfonamides is 1. The van der Waals surface area contributed by atoms with Crippen molar-refractivity contribution < 1.29 is 8.42 Å². The molecule has 16 heavy (non-hydrogen) atoms. The Hall–Kier alpha value is -1.95. The van der Waals surface area contributed by atoms with Crippen molar-refractivity contribution in [3.8, 4) is 0 Å². The summed E-state index contributed by atoms with van der Waals surface area (Å²) >= 11 is 0. The summed E-state index contributed by atoms with van der Waals surface area (Å²) in [6, 6.07) is 10.2. The van der Waals surface area contributed by atoms with Crippen LogP contribution in [0.2, 0.25) is 0 Å². The largest absolute Gasteiger partial charge is 0.263 e. The van der Waals surface area contributed by atoms with Crippen LogP contribution in [0.5, 0.6) is 0 Å². The van der Waals surface area contributed by atoms with E-state index in [1.807, 2.05) is 0 Å². The van der Waals surface area contributed by atoms with Crippen LogP contribution in [0.3, 0.4) is 0 Å². The highest BCUT2D eigenvalue weighted by Gasteiger charge is 2.13. The third-order valence-electron chi connectivity index (χ3n) is 1.82. The second kappa shape index (κ2) is 4.28. The predicted octanol–water partition coefficient (Wildman–Crippen LogP) is 1.08. The van der Waals surface area contributed by atoms with Gasteiger partial charge in [0.1, 0.15) is 12.1 Å². The van der Waals surface area contributed by atoms with E-state index in [2.05, 4.69) is 20.8 Å². The van der Waals surface area contributed by atoms with Crippen molar-refractivity contribution in [3.63, 3.8) is 0 Å². The smallest absolute Gasteiger partial charge is 0.263 e. The zero-order chi connectivity index (χ0) is 11.4. The lowest BCUT2D eigenvalue weighted by Gasteiger charge is -2.05. The van der Waals surface area contributed by atoms with E-state index in [0.717, 1.165) is 0 Å². The van der Waals surface area contributed by atoms with Crippen LogP contribution in [0.25, 0.3) is 0 Å². The number of hydrogen-bond donors (Lipinski definition) is 1. The van der Waals surface area contributed by atoms with Gasteiger partial charge in [-0.15, -0.1) is 0 Å². The van der Waals surface area contributed by atoms with Gasteiger partial charge in [-0.05, 0) is 24.3 Å². The lowest BCUT2D eigenvalue weighted by atomic mass is 10.4. The molecule has 0 fully saturated rings. The van der Waals surface area contributed by atoms with E-state index in [9.17, 15) is 8.42 Å². The second-order valence-corrected chi connectivity index (χ2v) is 4.62. The van der Waals surface area contributed by atoms with Crippen molar-refractivity contribution in [2.45, 2.75) is 4.90 Å². The van der Waals surface area contributed by atoms with Gasteiger partial charge in [-0.2, -0.15) is 0 Å². The Morgan fingerprint density at radius 2 is 1.94 bits per heavy atom. The molecular formula is C10H8N3O2S. The summed E-state index contributed by atoms with van der Waals surface area (Å²) in [5.41, 5.74) is 0. The molecule has 1 N–H and O–H groups in total. The highest BCUT2D eigenvalue weighted by molar-refractivity contribution is 7.92. The molecule has 1 radical (unpaired) electrons. The molecule has 0 aliphatic carbocycles.